The second-order valence-corrected chi connectivity index (χ2v) is 8.28. The van der Waals surface area contributed by atoms with Crippen LogP contribution in [-0.4, -0.2) is 51.2 Å². The van der Waals surface area contributed by atoms with Crippen LogP contribution in [-0.2, 0) is 24.1 Å². The predicted molar refractivity (Wildman–Crippen MR) is 108 cm³/mol. The van der Waals surface area contributed by atoms with E-state index in [4.69, 9.17) is 4.52 Å². The lowest BCUT2D eigenvalue weighted by Crippen LogP contribution is -2.66. The molecule has 8 nitrogen and oxygen atoms in total. The summed E-state index contributed by atoms with van der Waals surface area (Å²) in [4.78, 5) is 27.7. The van der Waals surface area contributed by atoms with Gasteiger partial charge >= 0.3 is 0 Å². The van der Waals surface area contributed by atoms with Crippen LogP contribution in [0.4, 0.5) is 0 Å². The number of nitrogens with one attached hydrogen (secondary N) is 2. The van der Waals surface area contributed by atoms with E-state index in [0.29, 0.717) is 19.5 Å². The molecule has 2 amide bonds. The smallest absolute Gasteiger partial charge is 0.276 e. The maximum Gasteiger partial charge on any atom is 0.276 e. The minimum Gasteiger partial charge on any atom is -0.364 e. The van der Waals surface area contributed by atoms with Crippen LogP contribution >= 0.6 is 0 Å². The highest BCUT2D eigenvalue weighted by Gasteiger charge is 2.51. The molecule has 1 unspecified atom stereocenters. The molecule has 3 aromatic rings. The van der Waals surface area contributed by atoms with E-state index in [1.54, 1.807) is 11.0 Å². The molecule has 1 atom stereocenters. The normalized spacial score (nSPS) is 19.6. The fraction of sp³-hybridized carbons (Fsp3) is 0.364. The average molecular weight is 405 g/mol. The molecule has 0 saturated carbocycles. The molecule has 1 aliphatic heterocycles. The van der Waals surface area contributed by atoms with E-state index >= 15 is 0 Å². The summed E-state index contributed by atoms with van der Waals surface area (Å²) in [6.45, 7) is 0.725. The zero-order chi connectivity index (χ0) is 20.6. The van der Waals surface area contributed by atoms with Gasteiger partial charge in [-0.3, -0.25) is 14.7 Å². The number of amides is 2. The van der Waals surface area contributed by atoms with Gasteiger partial charge in [-0.15, -0.1) is 0 Å². The average Bonchev–Trinajstić information content (AvgIpc) is 3.42. The van der Waals surface area contributed by atoms with E-state index in [1.807, 2.05) is 36.5 Å². The first kappa shape index (κ1) is 18.6. The number of fused-ring (bicyclic) bond motifs is 1. The van der Waals surface area contributed by atoms with E-state index in [9.17, 15) is 9.59 Å². The Labute approximate surface area is 173 Å². The van der Waals surface area contributed by atoms with Gasteiger partial charge in [0.1, 0.15) is 6.26 Å². The zero-order valence-corrected chi connectivity index (χ0v) is 16.5. The lowest BCUT2D eigenvalue weighted by Gasteiger charge is -2.49. The Morgan fingerprint density at radius 2 is 2.07 bits per heavy atom. The standard InChI is InChI=1S/C22H23N5O3/c28-20(18-8-9-30-26-18)27-13-22(14-27,11-15-4-2-1-3-5-15)21(29)24-17-7-6-16-12-23-25-19(16)10-17/h1-5,8-9,12,17H,6-7,10-11,13-14H2,(H,23,25)(H,24,29). The van der Waals surface area contributed by atoms with Crippen LogP contribution in [0, 0.1) is 5.41 Å². The van der Waals surface area contributed by atoms with Crippen LogP contribution in [0.3, 0.4) is 0 Å². The highest BCUT2D eigenvalue weighted by Crippen LogP contribution is 2.36. The summed E-state index contributed by atoms with van der Waals surface area (Å²) in [7, 11) is 0. The van der Waals surface area contributed by atoms with Gasteiger partial charge in [-0.05, 0) is 30.4 Å². The highest BCUT2D eigenvalue weighted by atomic mass is 16.5. The number of rotatable bonds is 5. The first-order valence-corrected chi connectivity index (χ1v) is 10.2. The fourth-order valence-electron chi connectivity index (χ4n) is 4.51. The molecule has 2 aliphatic rings. The summed E-state index contributed by atoms with van der Waals surface area (Å²) in [5, 5.41) is 14.1. The molecular formula is C22H23N5O3. The lowest BCUT2D eigenvalue weighted by molar-refractivity contribution is -0.140. The SMILES string of the molecule is O=C(c1ccon1)N1CC(Cc2ccccc2)(C(=O)NC2CCc3cn[nH]c3C2)C1. The van der Waals surface area contributed by atoms with Gasteiger partial charge < -0.3 is 14.7 Å². The molecule has 3 heterocycles. The molecule has 2 N–H and O–H groups in total. The van der Waals surface area contributed by atoms with Crippen LogP contribution in [0.1, 0.15) is 33.7 Å². The fourth-order valence-corrected chi connectivity index (χ4v) is 4.51. The van der Waals surface area contributed by atoms with Gasteiger partial charge in [0.2, 0.25) is 5.91 Å². The van der Waals surface area contributed by atoms with Gasteiger partial charge in [-0.2, -0.15) is 5.10 Å². The van der Waals surface area contributed by atoms with E-state index in [1.165, 1.54) is 11.8 Å². The molecule has 2 aromatic heterocycles. The summed E-state index contributed by atoms with van der Waals surface area (Å²) in [5.74, 6) is -0.205. The minimum atomic E-state index is -0.644. The van der Waals surface area contributed by atoms with E-state index in [-0.39, 0.29) is 23.6 Å². The minimum absolute atomic E-state index is 0.00326. The van der Waals surface area contributed by atoms with Crippen LogP contribution in [0.15, 0.2) is 53.4 Å². The maximum atomic E-state index is 13.4. The summed E-state index contributed by atoms with van der Waals surface area (Å²) in [6, 6.07) is 11.6. The molecule has 8 heteroatoms. The Morgan fingerprint density at radius 1 is 1.23 bits per heavy atom. The maximum absolute atomic E-state index is 13.4. The van der Waals surface area contributed by atoms with E-state index in [2.05, 4.69) is 20.7 Å². The molecule has 0 bridgehead atoms. The van der Waals surface area contributed by atoms with Crippen molar-refractivity contribution in [3.8, 4) is 0 Å². The van der Waals surface area contributed by atoms with Gasteiger partial charge in [0.25, 0.3) is 5.91 Å². The summed E-state index contributed by atoms with van der Waals surface area (Å²) in [5.41, 5.74) is 3.03. The highest BCUT2D eigenvalue weighted by molar-refractivity contribution is 5.95. The van der Waals surface area contributed by atoms with Crippen molar-refractivity contribution in [1.29, 1.82) is 0 Å². The Kier molecular flexibility index (Phi) is 4.61. The van der Waals surface area contributed by atoms with Gasteiger partial charge in [0.05, 0.1) is 11.6 Å². The third-order valence-corrected chi connectivity index (χ3v) is 6.15. The molecule has 30 heavy (non-hydrogen) atoms. The van der Waals surface area contributed by atoms with Gasteiger partial charge in [0.15, 0.2) is 5.69 Å². The van der Waals surface area contributed by atoms with Crippen LogP contribution in [0.2, 0.25) is 0 Å². The summed E-state index contributed by atoms with van der Waals surface area (Å²) < 4.78 is 4.79. The van der Waals surface area contributed by atoms with Crippen LogP contribution in [0.5, 0.6) is 0 Å². The number of hydrogen-bond donors (Lipinski definition) is 2. The third kappa shape index (κ3) is 3.38. The van der Waals surface area contributed by atoms with Crippen molar-refractivity contribution in [3.05, 3.63) is 71.4 Å². The van der Waals surface area contributed by atoms with Crippen LogP contribution in [0.25, 0.3) is 0 Å². The Balaban J connectivity index is 1.31. The van der Waals surface area contributed by atoms with Crippen molar-refractivity contribution < 1.29 is 14.1 Å². The Hall–Kier alpha value is -3.42. The lowest BCUT2D eigenvalue weighted by atomic mass is 9.73. The van der Waals surface area contributed by atoms with Crippen molar-refractivity contribution in [2.45, 2.75) is 31.7 Å². The van der Waals surface area contributed by atoms with Crippen molar-refractivity contribution in [1.82, 2.24) is 25.6 Å². The number of nitrogens with zero attached hydrogens (tertiary/aromatic N) is 3. The van der Waals surface area contributed by atoms with Crippen LogP contribution < -0.4 is 5.32 Å². The topological polar surface area (TPSA) is 104 Å². The van der Waals surface area contributed by atoms with Crippen molar-refractivity contribution in [3.63, 3.8) is 0 Å². The van der Waals surface area contributed by atoms with E-state index in [0.717, 1.165) is 30.5 Å². The number of H-pyrrole nitrogens is 1. The second kappa shape index (κ2) is 7.44. The molecule has 0 spiro atoms. The van der Waals surface area contributed by atoms with Gasteiger partial charge in [-0.1, -0.05) is 35.5 Å². The molecular weight excluding hydrogens is 382 g/mol. The number of aromatic amines is 1. The molecule has 1 fully saturated rings. The number of carbonyl (C=O) groups excluding carboxylic acids is 2. The number of likely N-dealkylation sites (tertiary alicyclic amines) is 1. The largest absolute Gasteiger partial charge is 0.364 e. The van der Waals surface area contributed by atoms with E-state index < -0.39 is 5.41 Å². The number of aromatic nitrogens is 3. The van der Waals surface area contributed by atoms with Crippen molar-refractivity contribution in [2.75, 3.05) is 13.1 Å². The molecule has 5 rings (SSSR count). The Morgan fingerprint density at radius 3 is 2.83 bits per heavy atom. The monoisotopic (exact) mass is 405 g/mol. The van der Waals surface area contributed by atoms with Crippen molar-refractivity contribution in [2.24, 2.45) is 5.41 Å². The van der Waals surface area contributed by atoms with Crippen molar-refractivity contribution >= 4 is 11.8 Å². The third-order valence-electron chi connectivity index (χ3n) is 6.15. The molecule has 0 radical (unpaired) electrons. The number of aryl methyl sites for hydroxylation is 1. The zero-order valence-electron chi connectivity index (χ0n) is 16.5. The first-order valence-electron chi connectivity index (χ1n) is 10.2. The number of carbonyl (C=O) groups is 2. The molecule has 1 aliphatic carbocycles. The van der Waals surface area contributed by atoms with Gasteiger partial charge in [0, 0.05) is 37.3 Å². The first-order chi connectivity index (χ1) is 14.6. The summed E-state index contributed by atoms with van der Waals surface area (Å²) in [6.07, 6.45) is 6.38. The number of benzene rings is 1. The second-order valence-electron chi connectivity index (χ2n) is 8.28. The molecule has 1 aromatic carbocycles. The molecule has 1 saturated heterocycles. The number of hydrogen-bond acceptors (Lipinski definition) is 5. The predicted octanol–water partition coefficient (Wildman–Crippen LogP) is 1.76. The Bertz CT molecular complexity index is 1040. The quantitative estimate of drug-likeness (QED) is 0.673. The molecule has 154 valence electrons. The summed E-state index contributed by atoms with van der Waals surface area (Å²) >= 11 is 0. The van der Waals surface area contributed by atoms with Gasteiger partial charge in [-0.25, -0.2) is 0 Å².